The second-order valence-corrected chi connectivity index (χ2v) is 7.17. The van der Waals surface area contributed by atoms with E-state index in [1.54, 1.807) is 0 Å². The molecule has 0 aliphatic heterocycles. The first-order valence-corrected chi connectivity index (χ1v) is 11.0. The molecule has 4 nitrogen and oxygen atoms in total. The third-order valence-electron chi connectivity index (χ3n) is 4.05. The Morgan fingerprint density at radius 2 is 1.00 bits per heavy atom. The van der Waals surface area contributed by atoms with Crippen molar-refractivity contribution in [1.82, 2.24) is 9.80 Å². The number of nitrogens with zero attached hydrogens (tertiary/aromatic N) is 2. The molecule has 0 aliphatic rings. The third kappa shape index (κ3) is 10.1. The Kier molecular flexibility index (Phi) is 14.7. The normalized spacial score (nSPS) is 14.9. The monoisotopic (exact) mass is 408 g/mol. The summed E-state index contributed by atoms with van der Waals surface area (Å²) in [5, 5.41) is 0. The van der Waals surface area contributed by atoms with E-state index in [0.717, 1.165) is 52.1 Å². The summed E-state index contributed by atoms with van der Waals surface area (Å²) in [5.41, 5.74) is 0. The molecule has 0 fully saturated rings. The van der Waals surface area contributed by atoms with E-state index in [4.69, 9.17) is 6.15 Å². The van der Waals surface area contributed by atoms with Gasteiger partial charge in [-0.15, -0.1) is 0 Å². The van der Waals surface area contributed by atoms with Gasteiger partial charge in [-0.05, 0) is 0 Å². The van der Waals surface area contributed by atoms with Crippen molar-refractivity contribution in [2.45, 2.75) is 66.6 Å². The molecule has 2 unspecified atom stereocenters. The fourth-order valence-corrected chi connectivity index (χ4v) is 4.52. The minimum atomic E-state index is -1.16. The molecular formula is C16H36N2O2Sn. The summed E-state index contributed by atoms with van der Waals surface area (Å²) in [6.07, 6.45) is 2.85. The zero-order valence-electron chi connectivity index (χ0n) is 15.0. The predicted octanol–water partition coefficient (Wildman–Crippen LogP) is 2.79. The summed E-state index contributed by atoms with van der Waals surface area (Å²) >= 11 is -1.16. The fraction of sp³-hybridized carbons (Fsp3) is 1.00. The first-order chi connectivity index (χ1) is 10.1. The number of rotatable bonds is 14. The van der Waals surface area contributed by atoms with Gasteiger partial charge in [0.05, 0.1) is 0 Å². The molecule has 5 heteroatoms. The van der Waals surface area contributed by atoms with Gasteiger partial charge in [0.25, 0.3) is 0 Å². The van der Waals surface area contributed by atoms with E-state index in [-0.39, 0.29) is 0 Å². The molecule has 0 rings (SSSR count). The molecule has 0 amide bonds. The number of hydrogen-bond donors (Lipinski definition) is 0. The molecule has 0 aromatic carbocycles. The Bertz CT molecular complexity index is 202. The van der Waals surface area contributed by atoms with Crippen LogP contribution in [0.3, 0.4) is 0 Å². The van der Waals surface area contributed by atoms with Crippen LogP contribution in [0.25, 0.3) is 0 Å². The van der Waals surface area contributed by atoms with Crippen LogP contribution < -0.4 is 0 Å². The van der Waals surface area contributed by atoms with Crippen molar-refractivity contribution in [3.8, 4) is 0 Å². The zero-order valence-corrected chi connectivity index (χ0v) is 17.9. The molecule has 0 bridgehead atoms. The van der Waals surface area contributed by atoms with Crippen LogP contribution in [-0.4, -0.2) is 83.2 Å². The Morgan fingerprint density at radius 3 is 1.24 bits per heavy atom. The number of hydrogen-bond acceptors (Lipinski definition) is 4. The van der Waals surface area contributed by atoms with E-state index in [2.05, 4.69) is 51.3 Å². The molecule has 2 radical (unpaired) electrons. The van der Waals surface area contributed by atoms with Crippen LogP contribution in [0.2, 0.25) is 0 Å². The van der Waals surface area contributed by atoms with Gasteiger partial charge in [-0.3, -0.25) is 0 Å². The molecule has 0 saturated heterocycles. The molecule has 0 aliphatic carbocycles. The van der Waals surface area contributed by atoms with Gasteiger partial charge >= 0.3 is 144 Å². The molecule has 0 N–H and O–H groups in total. The van der Waals surface area contributed by atoms with Crippen molar-refractivity contribution in [1.29, 1.82) is 0 Å². The van der Waals surface area contributed by atoms with Crippen LogP contribution >= 0.6 is 0 Å². The van der Waals surface area contributed by atoms with Gasteiger partial charge in [0, 0.05) is 0 Å². The molecule has 21 heavy (non-hydrogen) atoms. The molecular weight excluding hydrogens is 371 g/mol. The van der Waals surface area contributed by atoms with E-state index in [1.807, 2.05) is 0 Å². The van der Waals surface area contributed by atoms with Gasteiger partial charge in [-0.2, -0.15) is 0 Å². The first kappa shape index (κ1) is 21.6. The maximum atomic E-state index is 6.09. The van der Waals surface area contributed by atoms with Crippen LogP contribution in [0.15, 0.2) is 0 Å². The van der Waals surface area contributed by atoms with Crippen molar-refractivity contribution in [2.24, 2.45) is 0 Å². The number of likely N-dealkylation sites (N-methyl/N-ethyl adjacent to an activating group) is 2. The molecule has 0 heterocycles. The topological polar surface area (TPSA) is 24.9 Å². The van der Waals surface area contributed by atoms with Gasteiger partial charge in [-0.25, -0.2) is 0 Å². The van der Waals surface area contributed by atoms with Crippen LogP contribution in [0.5, 0.6) is 0 Å². The van der Waals surface area contributed by atoms with Gasteiger partial charge in [-0.1, -0.05) is 0 Å². The Balaban J connectivity index is 4.05. The standard InChI is InChI=1S/2C8H18NO.Sn/c2*1-4-8(10)7-9(5-2)6-3;/h2*8H,4-7H2,1-3H3;/q2*-1;+2. The van der Waals surface area contributed by atoms with Crippen molar-refractivity contribution in [2.75, 3.05) is 39.3 Å². The summed E-state index contributed by atoms with van der Waals surface area (Å²) in [6, 6.07) is 0. The summed E-state index contributed by atoms with van der Waals surface area (Å²) in [6.45, 7) is 19.7. The predicted molar refractivity (Wildman–Crippen MR) is 91.7 cm³/mol. The van der Waals surface area contributed by atoms with Crippen LogP contribution in [0, 0.1) is 0 Å². The molecule has 2 atom stereocenters. The second kappa shape index (κ2) is 14.2. The van der Waals surface area contributed by atoms with Gasteiger partial charge < -0.3 is 0 Å². The molecule has 0 aromatic heterocycles. The maximum absolute atomic E-state index is 6.09. The van der Waals surface area contributed by atoms with Crippen molar-refractivity contribution in [3.05, 3.63) is 0 Å². The van der Waals surface area contributed by atoms with E-state index in [0.29, 0.717) is 12.2 Å². The van der Waals surface area contributed by atoms with Gasteiger partial charge in [0.15, 0.2) is 0 Å². The summed E-state index contributed by atoms with van der Waals surface area (Å²) in [4.78, 5) is 4.86. The van der Waals surface area contributed by atoms with E-state index >= 15 is 0 Å². The van der Waals surface area contributed by atoms with Crippen molar-refractivity contribution >= 4 is 22.0 Å². The van der Waals surface area contributed by atoms with Crippen LogP contribution in [0.1, 0.15) is 54.4 Å². The first-order valence-electron chi connectivity index (χ1n) is 8.65. The fourth-order valence-electron chi connectivity index (χ4n) is 2.20. The molecule has 0 aromatic rings. The SMILES string of the molecule is CCC(CN(CC)CC)[O][Sn][O]C(CC)CN(CC)CC. The molecule has 126 valence electrons. The van der Waals surface area contributed by atoms with Crippen LogP contribution in [0.4, 0.5) is 0 Å². The van der Waals surface area contributed by atoms with Gasteiger partial charge in [0.2, 0.25) is 0 Å². The average Bonchev–Trinajstić information content (AvgIpc) is 2.53. The Hall–Kier alpha value is 0.639. The molecule has 0 spiro atoms. The second-order valence-electron chi connectivity index (χ2n) is 5.35. The van der Waals surface area contributed by atoms with E-state index < -0.39 is 22.0 Å². The summed E-state index contributed by atoms with van der Waals surface area (Å²) in [5.74, 6) is 0. The quantitative estimate of drug-likeness (QED) is 0.414. The molecule has 0 saturated carbocycles. The zero-order chi connectivity index (χ0) is 16.1. The average molecular weight is 407 g/mol. The van der Waals surface area contributed by atoms with Crippen molar-refractivity contribution < 1.29 is 6.15 Å². The Labute approximate surface area is 143 Å². The minimum absolute atomic E-state index is 0.349. The van der Waals surface area contributed by atoms with E-state index in [9.17, 15) is 0 Å². The third-order valence-corrected chi connectivity index (χ3v) is 6.50. The van der Waals surface area contributed by atoms with Gasteiger partial charge in [0.1, 0.15) is 0 Å². The van der Waals surface area contributed by atoms with E-state index in [1.165, 1.54) is 0 Å². The van der Waals surface area contributed by atoms with Crippen molar-refractivity contribution in [3.63, 3.8) is 0 Å². The summed E-state index contributed by atoms with van der Waals surface area (Å²) in [7, 11) is 0. The summed E-state index contributed by atoms with van der Waals surface area (Å²) < 4.78 is 12.2. The van der Waals surface area contributed by atoms with Crippen LogP contribution in [-0.2, 0) is 6.15 Å². The Morgan fingerprint density at radius 1 is 0.667 bits per heavy atom.